The molecular weight excluding hydrogens is 268 g/mol. The SMILES string of the molecule is CCCN1CCN(Cc2cccnc2NCC)C(=O)C1=O. The van der Waals surface area contributed by atoms with E-state index < -0.39 is 11.8 Å². The summed E-state index contributed by atoms with van der Waals surface area (Å²) in [6, 6.07) is 3.77. The van der Waals surface area contributed by atoms with E-state index in [9.17, 15) is 9.59 Å². The van der Waals surface area contributed by atoms with E-state index >= 15 is 0 Å². The van der Waals surface area contributed by atoms with Gasteiger partial charge in [-0.05, 0) is 19.4 Å². The van der Waals surface area contributed by atoms with Gasteiger partial charge in [0.1, 0.15) is 5.82 Å². The molecule has 0 radical (unpaired) electrons. The smallest absolute Gasteiger partial charge is 0.312 e. The average molecular weight is 290 g/mol. The Bertz CT molecular complexity index is 518. The van der Waals surface area contributed by atoms with E-state index in [1.165, 1.54) is 0 Å². The molecule has 1 N–H and O–H groups in total. The fourth-order valence-electron chi connectivity index (χ4n) is 2.45. The van der Waals surface area contributed by atoms with E-state index in [0.717, 1.165) is 24.3 Å². The van der Waals surface area contributed by atoms with Crippen LogP contribution in [-0.2, 0) is 16.1 Å². The second-order valence-electron chi connectivity index (χ2n) is 5.06. The molecule has 114 valence electrons. The van der Waals surface area contributed by atoms with Gasteiger partial charge < -0.3 is 15.1 Å². The molecule has 0 aliphatic carbocycles. The lowest BCUT2D eigenvalue weighted by molar-refractivity contribution is -0.156. The van der Waals surface area contributed by atoms with E-state index in [-0.39, 0.29) is 0 Å². The summed E-state index contributed by atoms with van der Waals surface area (Å²) in [5, 5.41) is 3.18. The second kappa shape index (κ2) is 7.06. The van der Waals surface area contributed by atoms with Crippen molar-refractivity contribution in [3.05, 3.63) is 23.9 Å². The van der Waals surface area contributed by atoms with Crippen LogP contribution < -0.4 is 5.32 Å². The van der Waals surface area contributed by atoms with E-state index in [1.54, 1.807) is 16.0 Å². The molecule has 0 bridgehead atoms. The van der Waals surface area contributed by atoms with Gasteiger partial charge in [-0.1, -0.05) is 13.0 Å². The lowest BCUT2D eigenvalue weighted by Gasteiger charge is -2.33. The van der Waals surface area contributed by atoms with E-state index in [0.29, 0.717) is 26.2 Å². The summed E-state index contributed by atoms with van der Waals surface area (Å²) >= 11 is 0. The van der Waals surface area contributed by atoms with Crippen LogP contribution in [0.25, 0.3) is 0 Å². The number of piperazine rings is 1. The lowest BCUT2D eigenvalue weighted by atomic mass is 10.2. The first-order chi connectivity index (χ1) is 10.2. The third kappa shape index (κ3) is 3.51. The van der Waals surface area contributed by atoms with E-state index in [2.05, 4.69) is 10.3 Å². The number of hydrogen-bond donors (Lipinski definition) is 1. The molecule has 1 fully saturated rings. The highest BCUT2D eigenvalue weighted by Crippen LogP contribution is 2.16. The van der Waals surface area contributed by atoms with Crippen molar-refractivity contribution in [2.45, 2.75) is 26.8 Å². The van der Waals surface area contributed by atoms with Gasteiger partial charge in [-0.25, -0.2) is 4.98 Å². The fraction of sp³-hybridized carbons (Fsp3) is 0.533. The summed E-state index contributed by atoms with van der Waals surface area (Å²) in [4.78, 5) is 31.7. The van der Waals surface area contributed by atoms with Gasteiger partial charge in [-0.15, -0.1) is 0 Å². The molecule has 0 unspecified atom stereocenters. The summed E-state index contributed by atoms with van der Waals surface area (Å²) in [5.41, 5.74) is 0.935. The maximum absolute atomic E-state index is 12.2. The number of pyridine rings is 1. The molecule has 0 saturated carbocycles. The maximum Gasteiger partial charge on any atom is 0.312 e. The number of amides is 2. The van der Waals surface area contributed by atoms with Crippen LogP contribution in [-0.4, -0.2) is 52.8 Å². The lowest BCUT2D eigenvalue weighted by Crippen LogP contribution is -2.54. The number of hydrogen-bond acceptors (Lipinski definition) is 4. The second-order valence-corrected chi connectivity index (χ2v) is 5.06. The number of carbonyl (C=O) groups excluding carboxylic acids is 2. The maximum atomic E-state index is 12.2. The standard InChI is InChI=1S/C15H22N4O2/c1-3-8-18-9-10-19(15(21)14(18)20)11-12-6-5-7-17-13(12)16-4-2/h5-7H,3-4,8-11H2,1-2H3,(H,16,17). The van der Waals surface area contributed by atoms with Crippen LogP contribution in [0, 0.1) is 0 Å². The van der Waals surface area contributed by atoms with Gasteiger partial charge in [-0.3, -0.25) is 9.59 Å². The van der Waals surface area contributed by atoms with Crippen molar-refractivity contribution in [1.29, 1.82) is 0 Å². The van der Waals surface area contributed by atoms with Crippen molar-refractivity contribution in [2.75, 3.05) is 31.5 Å². The Kier molecular flexibility index (Phi) is 5.14. The Hall–Kier alpha value is -2.11. The van der Waals surface area contributed by atoms with Crippen molar-refractivity contribution >= 4 is 17.6 Å². The molecule has 1 aromatic rings. The topological polar surface area (TPSA) is 65.5 Å². The van der Waals surface area contributed by atoms with Crippen LogP contribution in [0.4, 0.5) is 5.82 Å². The number of nitrogens with one attached hydrogen (secondary N) is 1. The summed E-state index contributed by atoms with van der Waals surface area (Å²) in [5.74, 6) is -0.0331. The Balaban J connectivity index is 2.07. The summed E-state index contributed by atoms with van der Waals surface area (Å²) in [7, 11) is 0. The molecule has 6 heteroatoms. The van der Waals surface area contributed by atoms with Crippen LogP contribution in [0.5, 0.6) is 0 Å². The highest BCUT2D eigenvalue weighted by molar-refractivity contribution is 6.35. The highest BCUT2D eigenvalue weighted by atomic mass is 16.2. The molecular formula is C15H22N4O2. The molecule has 0 atom stereocenters. The van der Waals surface area contributed by atoms with Crippen LogP contribution in [0.3, 0.4) is 0 Å². The Morgan fingerprint density at radius 2 is 1.90 bits per heavy atom. The predicted molar refractivity (Wildman–Crippen MR) is 80.7 cm³/mol. The Morgan fingerprint density at radius 1 is 1.19 bits per heavy atom. The first kappa shape index (κ1) is 15.3. The average Bonchev–Trinajstić information content (AvgIpc) is 2.49. The summed E-state index contributed by atoms with van der Waals surface area (Å²) in [6.07, 6.45) is 2.58. The molecule has 2 amide bonds. The Morgan fingerprint density at radius 3 is 2.62 bits per heavy atom. The quantitative estimate of drug-likeness (QED) is 0.797. The molecule has 1 aliphatic heterocycles. The van der Waals surface area contributed by atoms with Gasteiger partial charge in [0.15, 0.2) is 0 Å². The van der Waals surface area contributed by atoms with Crippen molar-refractivity contribution < 1.29 is 9.59 Å². The number of rotatable bonds is 6. The molecule has 2 rings (SSSR count). The zero-order valence-corrected chi connectivity index (χ0v) is 12.6. The van der Waals surface area contributed by atoms with Crippen LogP contribution in [0.1, 0.15) is 25.8 Å². The zero-order valence-electron chi connectivity index (χ0n) is 12.6. The summed E-state index contributed by atoms with van der Waals surface area (Å²) < 4.78 is 0. The van der Waals surface area contributed by atoms with Gasteiger partial charge in [0.25, 0.3) is 0 Å². The van der Waals surface area contributed by atoms with Crippen LogP contribution >= 0.6 is 0 Å². The van der Waals surface area contributed by atoms with Gasteiger partial charge in [0.05, 0.1) is 0 Å². The van der Waals surface area contributed by atoms with Gasteiger partial charge in [-0.2, -0.15) is 0 Å². The summed E-state index contributed by atoms with van der Waals surface area (Å²) in [6.45, 7) is 7.01. The predicted octanol–water partition coefficient (Wildman–Crippen LogP) is 1.09. The third-order valence-electron chi connectivity index (χ3n) is 3.49. The van der Waals surface area contributed by atoms with E-state index in [4.69, 9.17) is 0 Å². The number of nitrogens with zero attached hydrogens (tertiary/aromatic N) is 3. The van der Waals surface area contributed by atoms with Gasteiger partial charge in [0.2, 0.25) is 0 Å². The third-order valence-corrected chi connectivity index (χ3v) is 3.49. The van der Waals surface area contributed by atoms with Crippen molar-refractivity contribution in [3.63, 3.8) is 0 Å². The number of carbonyl (C=O) groups is 2. The molecule has 6 nitrogen and oxygen atoms in total. The normalized spacial score (nSPS) is 15.5. The molecule has 0 aromatic carbocycles. The van der Waals surface area contributed by atoms with Gasteiger partial charge in [0, 0.05) is 44.5 Å². The molecule has 1 aromatic heterocycles. The first-order valence-electron chi connectivity index (χ1n) is 7.43. The minimum absolute atomic E-state index is 0.392. The first-order valence-corrected chi connectivity index (χ1v) is 7.43. The molecule has 1 saturated heterocycles. The number of aromatic nitrogens is 1. The van der Waals surface area contributed by atoms with Crippen LogP contribution in [0.15, 0.2) is 18.3 Å². The fourth-order valence-corrected chi connectivity index (χ4v) is 2.45. The monoisotopic (exact) mass is 290 g/mol. The van der Waals surface area contributed by atoms with Crippen molar-refractivity contribution in [2.24, 2.45) is 0 Å². The minimum atomic E-state index is -0.416. The van der Waals surface area contributed by atoms with Crippen molar-refractivity contribution in [3.8, 4) is 0 Å². The highest BCUT2D eigenvalue weighted by Gasteiger charge is 2.32. The minimum Gasteiger partial charge on any atom is -0.370 e. The van der Waals surface area contributed by atoms with E-state index in [1.807, 2.05) is 26.0 Å². The van der Waals surface area contributed by atoms with Crippen molar-refractivity contribution in [1.82, 2.24) is 14.8 Å². The molecule has 1 aliphatic rings. The van der Waals surface area contributed by atoms with Gasteiger partial charge >= 0.3 is 11.8 Å². The largest absolute Gasteiger partial charge is 0.370 e. The number of anilines is 1. The molecule has 2 heterocycles. The van der Waals surface area contributed by atoms with Crippen LogP contribution in [0.2, 0.25) is 0 Å². The molecule has 21 heavy (non-hydrogen) atoms. The molecule has 0 spiro atoms. The Labute approximate surface area is 125 Å². The zero-order chi connectivity index (χ0) is 15.2.